The second-order valence-corrected chi connectivity index (χ2v) is 8.05. The van der Waals surface area contributed by atoms with Crippen molar-refractivity contribution in [3.05, 3.63) is 57.9 Å². The van der Waals surface area contributed by atoms with Crippen molar-refractivity contribution in [1.82, 2.24) is 19.8 Å². The number of aryl methyl sites for hydroxylation is 1. The van der Waals surface area contributed by atoms with Crippen molar-refractivity contribution >= 4 is 33.0 Å². The summed E-state index contributed by atoms with van der Waals surface area (Å²) in [6, 6.07) is 10.5. The zero-order chi connectivity index (χ0) is 17.2. The summed E-state index contributed by atoms with van der Waals surface area (Å²) in [5, 5.41) is 2.11. The Labute approximate surface area is 157 Å². The van der Waals surface area contributed by atoms with E-state index in [0.29, 0.717) is 0 Å². The van der Waals surface area contributed by atoms with Gasteiger partial charge in [-0.25, -0.2) is 9.97 Å². The summed E-state index contributed by atoms with van der Waals surface area (Å²) in [7, 11) is 0. The van der Waals surface area contributed by atoms with Crippen molar-refractivity contribution in [2.24, 2.45) is 0 Å². The van der Waals surface area contributed by atoms with Gasteiger partial charge < -0.3 is 0 Å². The third kappa shape index (κ3) is 3.85. The molecule has 4 nitrogen and oxygen atoms in total. The maximum atomic E-state index is 6.59. The molecule has 25 heavy (non-hydrogen) atoms. The van der Waals surface area contributed by atoms with E-state index in [-0.39, 0.29) is 0 Å². The highest BCUT2D eigenvalue weighted by Crippen LogP contribution is 2.36. The number of benzene rings is 1. The average Bonchev–Trinajstić information content (AvgIpc) is 2.93. The fourth-order valence-corrected chi connectivity index (χ4v) is 4.84. The molecule has 3 aromatic rings. The standard InChI is InChI=1S/C19H21ClN4S/c1-14-10-15(22-13-21-14)11-23-6-8-24(9-7-23)12-18-19(20)16-4-2-3-5-17(16)25-18/h2-5,10,13H,6-9,11-12H2,1H3. The molecule has 6 heteroatoms. The summed E-state index contributed by atoms with van der Waals surface area (Å²) in [4.78, 5) is 14.8. The topological polar surface area (TPSA) is 32.3 Å². The van der Waals surface area contributed by atoms with Gasteiger partial charge in [0.15, 0.2) is 0 Å². The van der Waals surface area contributed by atoms with Crippen LogP contribution in [0.5, 0.6) is 0 Å². The van der Waals surface area contributed by atoms with Crippen LogP contribution in [0.25, 0.3) is 10.1 Å². The van der Waals surface area contributed by atoms with Crippen LogP contribution in [0.2, 0.25) is 5.02 Å². The van der Waals surface area contributed by atoms with Crippen LogP contribution in [0.15, 0.2) is 36.7 Å². The van der Waals surface area contributed by atoms with Gasteiger partial charge in [0, 0.05) is 59.9 Å². The van der Waals surface area contributed by atoms with Gasteiger partial charge in [-0.3, -0.25) is 9.80 Å². The van der Waals surface area contributed by atoms with Crippen LogP contribution in [0.4, 0.5) is 0 Å². The Kier molecular flexibility index (Phi) is 4.99. The van der Waals surface area contributed by atoms with Gasteiger partial charge in [0.05, 0.1) is 10.7 Å². The molecule has 0 atom stereocenters. The molecule has 1 fully saturated rings. The molecule has 1 aromatic carbocycles. The third-order valence-electron chi connectivity index (χ3n) is 4.68. The highest BCUT2D eigenvalue weighted by molar-refractivity contribution is 7.19. The summed E-state index contributed by atoms with van der Waals surface area (Å²) < 4.78 is 1.28. The fraction of sp³-hybridized carbons (Fsp3) is 0.368. The van der Waals surface area contributed by atoms with Gasteiger partial charge in [0.2, 0.25) is 0 Å². The minimum atomic E-state index is 0.904. The van der Waals surface area contributed by atoms with E-state index in [2.05, 4.69) is 50.1 Å². The van der Waals surface area contributed by atoms with Crippen LogP contribution in [-0.2, 0) is 13.1 Å². The van der Waals surface area contributed by atoms with Gasteiger partial charge in [0.1, 0.15) is 6.33 Å². The zero-order valence-electron chi connectivity index (χ0n) is 14.3. The van der Waals surface area contributed by atoms with Crippen LogP contribution >= 0.6 is 22.9 Å². The lowest BCUT2D eigenvalue weighted by Crippen LogP contribution is -2.45. The number of thiophene rings is 1. The molecule has 1 saturated heterocycles. The largest absolute Gasteiger partial charge is 0.296 e. The summed E-state index contributed by atoms with van der Waals surface area (Å²) >= 11 is 8.40. The van der Waals surface area contributed by atoms with Crippen LogP contribution in [-0.4, -0.2) is 45.9 Å². The van der Waals surface area contributed by atoms with Gasteiger partial charge in [-0.05, 0) is 19.1 Å². The first kappa shape index (κ1) is 16.9. The van der Waals surface area contributed by atoms with E-state index >= 15 is 0 Å². The van der Waals surface area contributed by atoms with E-state index in [1.165, 1.54) is 15.0 Å². The molecule has 2 aromatic heterocycles. The molecule has 0 bridgehead atoms. The lowest BCUT2D eigenvalue weighted by atomic mass is 10.2. The van der Waals surface area contributed by atoms with E-state index in [1.54, 1.807) is 6.33 Å². The molecule has 130 valence electrons. The van der Waals surface area contributed by atoms with Crippen molar-refractivity contribution in [1.29, 1.82) is 0 Å². The van der Waals surface area contributed by atoms with E-state index in [9.17, 15) is 0 Å². The molecule has 1 aliphatic heterocycles. The lowest BCUT2D eigenvalue weighted by molar-refractivity contribution is 0.122. The highest BCUT2D eigenvalue weighted by atomic mass is 35.5. The molecule has 0 N–H and O–H groups in total. The Morgan fingerprint density at radius 2 is 1.76 bits per heavy atom. The minimum Gasteiger partial charge on any atom is -0.296 e. The average molecular weight is 373 g/mol. The number of hydrogen-bond donors (Lipinski definition) is 0. The Balaban J connectivity index is 1.36. The van der Waals surface area contributed by atoms with Crippen molar-refractivity contribution in [3.8, 4) is 0 Å². The third-order valence-corrected chi connectivity index (χ3v) is 6.38. The zero-order valence-corrected chi connectivity index (χ0v) is 15.9. The van der Waals surface area contributed by atoms with Crippen LogP contribution < -0.4 is 0 Å². The SMILES string of the molecule is Cc1cc(CN2CCN(Cc3sc4ccccc4c3Cl)CC2)ncn1. The molecule has 3 heterocycles. The molecule has 0 saturated carbocycles. The van der Waals surface area contributed by atoms with Gasteiger partial charge in [-0.1, -0.05) is 29.8 Å². The van der Waals surface area contributed by atoms with Crippen molar-refractivity contribution in [2.75, 3.05) is 26.2 Å². The smallest absolute Gasteiger partial charge is 0.115 e. The number of piperazine rings is 1. The molecular weight excluding hydrogens is 352 g/mol. The monoisotopic (exact) mass is 372 g/mol. The summed E-state index contributed by atoms with van der Waals surface area (Å²) in [6.45, 7) is 8.11. The van der Waals surface area contributed by atoms with Gasteiger partial charge in [-0.2, -0.15) is 0 Å². The van der Waals surface area contributed by atoms with E-state index in [0.717, 1.165) is 55.7 Å². The number of rotatable bonds is 4. The van der Waals surface area contributed by atoms with E-state index < -0.39 is 0 Å². The highest BCUT2D eigenvalue weighted by Gasteiger charge is 2.20. The normalized spacial score (nSPS) is 16.6. The summed E-state index contributed by atoms with van der Waals surface area (Å²) in [5.41, 5.74) is 2.14. The van der Waals surface area contributed by atoms with Gasteiger partial charge in [0.25, 0.3) is 0 Å². The molecular formula is C19H21ClN4S. The molecule has 4 rings (SSSR count). The maximum absolute atomic E-state index is 6.59. The number of nitrogens with zero attached hydrogens (tertiary/aromatic N) is 4. The number of fused-ring (bicyclic) bond motifs is 1. The molecule has 0 unspecified atom stereocenters. The summed E-state index contributed by atoms with van der Waals surface area (Å²) in [6.07, 6.45) is 1.66. The number of halogens is 1. The second kappa shape index (κ2) is 7.38. The first-order valence-electron chi connectivity index (χ1n) is 8.57. The lowest BCUT2D eigenvalue weighted by Gasteiger charge is -2.34. The summed E-state index contributed by atoms with van der Waals surface area (Å²) in [5.74, 6) is 0. The van der Waals surface area contributed by atoms with Gasteiger partial charge in [-0.15, -0.1) is 11.3 Å². The molecule has 0 radical (unpaired) electrons. The first-order valence-corrected chi connectivity index (χ1v) is 9.76. The predicted molar refractivity (Wildman–Crippen MR) is 104 cm³/mol. The molecule has 0 aliphatic carbocycles. The molecule has 0 amide bonds. The fourth-order valence-electron chi connectivity index (χ4n) is 3.30. The first-order chi connectivity index (χ1) is 12.2. The Bertz CT molecular complexity index is 871. The Morgan fingerprint density at radius 1 is 1.04 bits per heavy atom. The number of hydrogen-bond acceptors (Lipinski definition) is 5. The van der Waals surface area contributed by atoms with Crippen molar-refractivity contribution < 1.29 is 0 Å². The Hall–Kier alpha value is -1.53. The maximum Gasteiger partial charge on any atom is 0.115 e. The Morgan fingerprint density at radius 3 is 2.48 bits per heavy atom. The number of aromatic nitrogens is 2. The quantitative estimate of drug-likeness (QED) is 0.693. The van der Waals surface area contributed by atoms with Crippen LogP contribution in [0.1, 0.15) is 16.3 Å². The van der Waals surface area contributed by atoms with Crippen molar-refractivity contribution in [3.63, 3.8) is 0 Å². The van der Waals surface area contributed by atoms with E-state index in [4.69, 9.17) is 11.6 Å². The minimum absolute atomic E-state index is 0.904. The van der Waals surface area contributed by atoms with E-state index in [1.807, 2.05) is 18.3 Å². The van der Waals surface area contributed by atoms with Crippen LogP contribution in [0, 0.1) is 6.92 Å². The van der Waals surface area contributed by atoms with Crippen LogP contribution in [0.3, 0.4) is 0 Å². The second-order valence-electron chi connectivity index (χ2n) is 6.54. The molecule has 1 aliphatic rings. The van der Waals surface area contributed by atoms with Crippen molar-refractivity contribution in [2.45, 2.75) is 20.0 Å². The van der Waals surface area contributed by atoms with Gasteiger partial charge >= 0.3 is 0 Å². The predicted octanol–water partition coefficient (Wildman–Crippen LogP) is 3.97. The molecule has 0 spiro atoms.